The van der Waals surface area contributed by atoms with E-state index in [1.54, 1.807) is 24.3 Å². The van der Waals surface area contributed by atoms with Gasteiger partial charge in [0, 0.05) is 31.9 Å². The Morgan fingerprint density at radius 2 is 1.54 bits per heavy atom. The third kappa shape index (κ3) is 3.32. The second-order valence-corrected chi connectivity index (χ2v) is 8.15. The van der Waals surface area contributed by atoms with E-state index in [9.17, 15) is 13.5 Å². The molecular weight excluding hydrogens is 371 g/mol. The Morgan fingerprint density at radius 1 is 0.917 bits per heavy atom. The van der Waals surface area contributed by atoms with Crippen LogP contribution in [0.5, 0.6) is 5.75 Å². The van der Waals surface area contributed by atoms with Crippen LogP contribution in [0.3, 0.4) is 0 Å². The van der Waals surface area contributed by atoms with Gasteiger partial charge in [0.2, 0.25) is 10.0 Å². The Balaban J connectivity index is 1.76. The summed E-state index contributed by atoms with van der Waals surface area (Å²) in [5.74, 6) is 0.204. The Morgan fingerprint density at radius 3 is 2.17 bits per heavy atom. The summed E-state index contributed by atoms with van der Waals surface area (Å²) in [5.41, 5.74) is 0.950. The van der Waals surface area contributed by atoms with E-state index in [2.05, 4.69) is 4.90 Å². The highest BCUT2D eigenvalue weighted by Crippen LogP contribution is 2.31. The van der Waals surface area contributed by atoms with Gasteiger partial charge < -0.3 is 10.0 Å². The number of halogens is 2. The summed E-state index contributed by atoms with van der Waals surface area (Å²) in [7, 11) is -3.68. The second-order valence-electron chi connectivity index (χ2n) is 5.46. The molecular formula is C16H16Cl2N2O3S. The fourth-order valence-corrected chi connectivity index (χ4v) is 4.83. The van der Waals surface area contributed by atoms with Gasteiger partial charge in [-0.3, -0.25) is 0 Å². The molecule has 3 rings (SSSR count). The SMILES string of the molecule is O=S(=O)(c1cccc(Cl)c1Cl)N1CCN(c2ccc(O)cc2)CC1. The van der Waals surface area contributed by atoms with E-state index >= 15 is 0 Å². The van der Waals surface area contributed by atoms with Crippen LogP contribution < -0.4 is 4.90 Å². The first-order valence-corrected chi connectivity index (χ1v) is 9.57. The van der Waals surface area contributed by atoms with Gasteiger partial charge in [-0.15, -0.1) is 0 Å². The predicted molar refractivity (Wildman–Crippen MR) is 95.5 cm³/mol. The molecule has 1 aliphatic rings. The minimum absolute atomic E-state index is 0.0368. The highest BCUT2D eigenvalue weighted by atomic mass is 35.5. The molecule has 0 radical (unpaired) electrons. The molecule has 8 heteroatoms. The first-order chi connectivity index (χ1) is 11.4. The lowest BCUT2D eigenvalue weighted by Crippen LogP contribution is -2.48. The highest BCUT2D eigenvalue weighted by Gasteiger charge is 2.30. The fourth-order valence-electron chi connectivity index (χ4n) is 2.67. The van der Waals surface area contributed by atoms with Crippen LogP contribution in [-0.4, -0.2) is 44.0 Å². The summed E-state index contributed by atoms with van der Waals surface area (Å²) in [4.78, 5) is 2.11. The van der Waals surface area contributed by atoms with E-state index in [-0.39, 0.29) is 20.7 Å². The monoisotopic (exact) mass is 386 g/mol. The first-order valence-electron chi connectivity index (χ1n) is 7.38. The topological polar surface area (TPSA) is 60.9 Å². The minimum Gasteiger partial charge on any atom is -0.508 e. The zero-order chi connectivity index (χ0) is 17.3. The summed E-state index contributed by atoms with van der Waals surface area (Å²) in [5, 5.41) is 9.63. The summed E-state index contributed by atoms with van der Waals surface area (Å²) >= 11 is 12.0. The van der Waals surface area contributed by atoms with Crippen molar-refractivity contribution in [2.24, 2.45) is 0 Å². The van der Waals surface area contributed by atoms with Gasteiger partial charge in [-0.05, 0) is 36.4 Å². The highest BCUT2D eigenvalue weighted by molar-refractivity contribution is 7.89. The zero-order valence-electron chi connectivity index (χ0n) is 12.7. The summed E-state index contributed by atoms with van der Waals surface area (Å²) < 4.78 is 27.0. The lowest BCUT2D eigenvalue weighted by molar-refractivity contribution is 0.385. The summed E-state index contributed by atoms with van der Waals surface area (Å²) in [6, 6.07) is 11.5. The van der Waals surface area contributed by atoms with Gasteiger partial charge >= 0.3 is 0 Å². The molecule has 128 valence electrons. The van der Waals surface area contributed by atoms with E-state index in [1.165, 1.54) is 10.4 Å². The molecule has 0 unspecified atom stereocenters. The molecule has 1 fully saturated rings. The van der Waals surface area contributed by atoms with Crippen LogP contribution in [0, 0.1) is 0 Å². The number of piperazine rings is 1. The van der Waals surface area contributed by atoms with Crippen molar-refractivity contribution in [1.82, 2.24) is 4.31 Å². The average molecular weight is 387 g/mol. The molecule has 1 N–H and O–H groups in total. The summed E-state index contributed by atoms with van der Waals surface area (Å²) in [6.45, 7) is 1.82. The molecule has 2 aromatic carbocycles. The maximum Gasteiger partial charge on any atom is 0.244 e. The van der Waals surface area contributed by atoms with Crippen molar-refractivity contribution >= 4 is 38.9 Å². The van der Waals surface area contributed by atoms with Crippen molar-refractivity contribution in [3.63, 3.8) is 0 Å². The van der Waals surface area contributed by atoms with Gasteiger partial charge in [0.25, 0.3) is 0 Å². The number of hydrogen-bond donors (Lipinski definition) is 1. The molecule has 0 aliphatic carbocycles. The Bertz CT molecular complexity index is 833. The molecule has 1 aliphatic heterocycles. The fraction of sp³-hybridized carbons (Fsp3) is 0.250. The average Bonchev–Trinajstić information content (AvgIpc) is 2.58. The van der Waals surface area contributed by atoms with E-state index in [0.29, 0.717) is 26.2 Å². The maximum absolute atomic E-state index is 12.8. The van der Waals surface area contributed by atoms with Crippen molar-refractivity contribution in [2.45, 2.75) is 4.90 Å². The van der Waals surface area contributed by atoms with Crippen molar-refractivity contribution in [3.05, 3.63) is 52.5 Å². The largest absolute Gasteiger partial charge is 0.508 e. The van der Waals surface area contributed by atoms with Gasteiger partial charge in [-0.1, -0.05) is 29.3 Å². The van der Waals surface area contributed by atoms with Gasteiger partial charge in [0.15, 0.2) is 0 Å². The number of anilines is 1. The molecule has 0 bridgehead atoms. The smallest absolute Gasteiger partial charge is 0.244 e. The predicted octanol–water partition coefficient (Wildman–Crippen LogP) is 3.21. The normalized spacial score (nSPS) is 16.3. The number of phenols is 1. The van der Waals surface area contributed by atoms with E-state index in [1.807, 2.05) is 12.1 Å². The van der Waals surface area contributed by atoms with Crippen molar-refractivity contribution in [3.8, 4) is 5.75 Å². The number of phenolic OH excluding ortho intramolecular Hbond substituents is 1. The van der Waals surface area contributed by atoms with Gasteiger partial charge in [0.1, 0.15) is 10.6 Å². The van der Waals surface area contributed by atoms with E-state index in [0.717, 1.165) is 5.69 Å². The van der Waals surface area contributed by atoms with Crippen LogP contribution in [0.25, 0.3) is 0 Å². The van der Waals surface area contributed by atoms with Crippen LogP contribution in [0.1, 0.15) is 0 Å². The van der Waals surface area contributed by atoms with Gasteiger partial charge in [0.05, 0.1) is 10.0 Å². The zero-order valence-corrected chi connectivity index (χ0v) is 15.0. The van der Waals surface area contributed by atoms with E-state index < -0.39 is 10.0 Å². The molecule has 0 spiro atoms. The maximum atomic E-state index is 12.8. The Hall–Kier alpha value is -1.47. The quantitative estimate of drug-likeness (QED) is 0.879. The molecule has 24 heavy (non-hydrogen) atoms. The number of sulfonamides is 1. The molecule has 1 heterocycles. The van der Waals surface area contributed by atoms with Crippen LogP contribution >= 0.6 is 23.2 Å². The van der Waals surface area contributed by atoms with Gasteiger partial charge in [-0.2, -0.15) is 4.31 Å². The number of hydrogen-bond acceptors (Lipinski definition) is 4. The van der Waals surface area contributed by atoms with Crippen molar-refractivity contribution < 1.29 is 13.5 Å². The second kappa shape index (κ2) is 6.80. The van der Waals surface area contributed by atoms with Crippen molar-refractivity contribution in [1.29, 1.82) is 0 Å². The van der Waals surface area contributed by atoms with E-state index in [4.69, 9.17) is 23.2 Å². The third-order valence-electron chi connectivity index (χ3n) is 3.99. The standard InChI is InChI=1S/C16H16Cl2N2O3S/c17-14-2-1-3-15(16(14)18)24(22,23)20-10-8-19(9-11-20)12-4-6-13(21)7-5-12/h1-7,21H,8-11H2. The van der Waals surface area contributed by atoms with Gasteiger partial charge in [-0.25, -0.2) is 8.42 Å². The molecule has 0 saturated carbocycles. The molecule has 5 nitrogen and oxygen atoms in total. The third-order valence-corrected chi connectivity index (χ3v) is 6.86. The van der Waals surface area contributed by atoms with Crippen LogP contribution in [0.4, 0.5) is 5.69 Å². The molecule has 1 saturated heterocycles. The number of nitrogens with zero attached hydrogens (tertiary/aromatic N) is 2. The van der Waals surface area contributed by atoms with Crippen LogP contribution in [0.2, 0.25) is 10.0 Å². The minimum atomic E-state index is -3.68. The molecule has 0 aromatic heterocycles. The number of aromatic hydroxyl groups is 1. The molecule has 0 amide bonds. The van der Waals surface area contributed by atoms with Crippen LogP contribution in [0.15, 0.2) is 47.4 Å². The number of benzene rings is 2. The first kappa shape index (κ1) is 17.4. The lowest BCUT2D eigenvalue weighted by Gasteiger charge is -2.35. The van der Waals surface area contributed by atoms with Crippen molar-refractivity contribution in [2.75, 3.05) is 31.1 Å². The van der Waals surface area contributed by atoms with Crippen LogP contribution in [-0.2, 0) is 10.0 Å². The Kier molecular flexibility index (Phi) is 4.92. The summed E-state index contributed by atoms with van der Waals surface area (Å²) in [6.07, 6.45) is 0. The molecule has 2 aromatic rings. The lowest BCUT2D eigenvalue weighted by atomic mass is 10.2. The number of rotatable bonds is 3. The Labute approximate surface area is 151 Å². The molecule has 0 atom stereocenters.